The first-order chi connectivity index (χ1) is 10.2. The van der Waals surface area contributed by atoms with E-state index >= 15 is 0 Å². The first-order valence-corrected chi connectivity index (χ1v) is 9.44. The quantitative estimate of drug-likeness (QED) is 0.766. The van der Waals surface area contributed by atoms with E-state index in [0.717, 1.165) is 18.4 Å². The molecule has 0 aromatic rings. The molecule has 1 unspecified atom stereocenters. The molecule has 0 aromatic carbocycles. The van der Waals surface area contributed by atoms with Gasteiger partial charge in [0.15, 0.2) is 0 Å². The van der Waals surface area contributed by atoms with E-state index < -0.39 is 10.1 Å². The topological polar surface area (TPSA) is 54.4 Å². The Morgan fingerprint density at radius 1 is 1.18 bits per heavy atom. The average molecular weight is 322 g/mol. The highest BCUT2D eigenvalue weighted by atomic mass is 32.2. The van der Waals surface area contributed by atoms with Crippen molar-refractivity contribution in [2.45, 2.75) is 47.0 Å². The fourth-order valence-corrected chi connectivity index (χ4v) is 4.62. The summed E-state index contributed by atoms with van der Waals surface area (Å²) in [5, 5.41) is 0. The number of rotatable bonds is 4. The van der Waals surface area contributed by atoms with Gasteiger partial charge in [-0.2, -0.15) is 8.42 Å². The van der Waals surface area contributed by atoms with Crippen LogP contribution in [0.3, 0.4) is 0 Å². The second kappa shape index (κ2) is 6.55. The van der Waals surface area contributed by atoms with Crippen molar-refractivity contribution in [3.63, 3.8) is 0 Å². The molecule has 0 spiro atoms. The van der Waals surface area contributed by atoms with Gasteiger partial charge in [0.05, 0.1) is 4.91 Å². The number of allylic oxidation sites excluding steroid dienone is 8. The van der Waals surface area contributed by atoms with Gasteiger partial charge in [-0.05, 0) is 47.8 Å². The Morgan fingerprint density at radius 2 is 1.86 bits per heavy atom. The van der Waals surface area contributed by atoms with E-state index in [-0.39, 0.29) is 22.7 Å². The summed E-state index contributed by atoms with van der Waals surface area (Å²) in [6.45, 7) is 8.00. The molecule has 0 radical (unpaired) electrons. The van der Waals surface area contributed by atoms with Gasteiger partial charge in [-0.3, -0.25) is 4.55 Å². The lowest BCUT2D eigenvalue weighted by molar-refractivity contribution is 0.420. The van der Waals surface area contributed by atoms with E-state index in [1.807, 2.05) is 33.8 Å². The van der Waals surface area contributed by atoms with Crippen molar-refractivity contribution in [3.8, 4) is 0 Å². The Labute approximate surface area is 134 Å². The van der Waals surface area contributed by atoms with Gasteiger partial charge in [0.2, 0.25) is 0 Å². The van der Waals surface area contributed by atoms with Crippen LogP contribution in [0.25, 0.3) is 0 Å². The molecule has 0 amide bonds. The molecule has 2 rings (SSSR count). The lowest BCUT2D eigenvalue weighted by atomic mass is 9.77. The summed E-state index contributed by atoms with van der Waals surface area (Å²) in [6, 6.07) is 0. The van der Waals surface area contributed by atoms with Crippen LogP contribution in [0.4, 0.5) is 0 Å². The van der Waals surface area contributed by atoms with Crippen LogP contribution in [0.1, 0.15) is 47.0 Å². The summed E-state index contributed by atoms with van der Waals surface area (Å²) in [5.74, 6) is 0.0709. The third kappa shape index (κ3) is 3.61. The van der Waals surface area contributed by atoms with E-state index in [0.29, 0.717) is 6.42 Å². The molecular weight excluding hydrogens is 296 g/mol. The van der Waals surface area contributed by atoms with Crippen LogP contribution in [-0.2, 0) is 10.1 Å². The van der Waals surface area contributed by atoms with Gasteiger partial charge in [-0.15, -0.1) is 0 Å². The van der Waals surface area contributed by atoms with Crippen molar-refractivity contribution in [1.82, 2.24) is 0 Å². The van der Waals surface area contributed by atoms with Gasteiger partial charge in [-0.1, -0.05) is 52.0 Å². The molecule has 0 saturated carbocycles. The predicted octanol–water partition coefficient (Wildman–Crippen LogP) is 4.66. The smallest absolute Gasteiger partial charge is 0.282 e. The van der Waals surface area contributed by atoms with E-state index in [1.165, 1.54) is 11.1 Å². The lowest BCUT2D eigenvalue weighted by Crippen LogP contribution is -2.25. The van der Waals surface area contributed by atoms with Crippen LogP contribution in [-0.4, -0.2) is 13.0 Å². The average Bonchev–Trinajstić information content (AvgIpc) is 2.45. The van der Waals surface area contributed by atoms with Gasteiger partial charge >= 0.3 is 0 Å². The molecule has 0 saturated heterocycles. The van der Waals surface area contributed by atoms with Gasteiger partial charge in [0, 0.05) is 5.92 Å². The van der Waals surface area contributed by atoms with Gasteiger partial charge in [-0.25, -0.2) is 0 Å². The molecular formula is C18H26O3S. The van der Waals surface area contributed by atoms with E-state index in [1.54, 1.807) is 0 Å². The zero-order valence-electron chi connectivity index (χ0n) is 13.8. The van der Waals surface area contributed by atoms with Crippen molar-refractivity contribution in [2.24, 2.45) is 17.8 Å². The number of hydrogen-bond acceptors (Lipinski definition) is 2. The van der Waals surface area contributed by atoms with E-state index in [9.17, 15) is 13.0 Å². The summed E-state index contributed by atoms with van der Waals surface area (Å²) in [7, 11) is -4.17. The SMILES string of the molecule is CC(C)C1=C(S(=O)(=O)O)C(C(C)C)CC(C2=CC=CCC2)=C1. The molecule has 0 aromatic heterocycles. The minimum Gasteiger partial charge on any atom is -0.282 e. The molecule has 2 aliphatic rings. The monoisotopic (exact) mass is 322 g/mol. The predicted molar refractivity (Wildman–Crippen MR) is 90.9 cm³/mol. The highest BCUT2D eigenvalue weighted by Crippen LogP contribution is 2.42. The van der Waals surface area contributed by atoms with Crippen LogP contribution in [0.2, 0.25) is 0 Å². The molecule has 2 aliphatic carbocycles. The molecule has 122 valence electrons. The van der Waals surface area contributed by atoms with Crippen LogP contribution in [0.15, 0.2) is 45.9 Å². The second-order valence-electron chi connectivity index (χ2n) is 6.83. The Hall–Kier alpha value is -1.13. The zero-order valence-corrected chi connectivity index (χ0v) is 14.7. The van der Waals surface area contributed by atoms with Crippen LogP contribution in [0, 0.1) is 17.8 Å². The first kappa shape index (κ1) is 17.2. The van der Waals surface area contributed by atoms with Crippen LogP contribution in [0.5, 0.6) is 0 Å². The highest BCUT2D eigenvalue weighted by Gasteiger charge is 2.35. The summed E-state index contributed by atoms with van der Waals surface area (Å²) >= 11 is 0. The minimum atomic E-state index is -4.17. The Bertz CT molecular complexity index is 658. The summed E-state index contributed by atoms with van der Waals surface area (Å²) in [6.07, 6.45) is 11.1. The Kier molecular flexibility index (Phi) is 5.13. The second-order valence-corrected chi connectivity index (χ2v) is 8.22. The maximum Gasteiger partial charge on any atom is 0.291 e. The molecule has 4 heteroatoms. The third-order valence-electron chi connectivity index (χ3n) is 4.52. The van der Waals surface area contributed by atoms with Crippen molar-refractivity contribution < 1.29 is 13.0 Å². The maximum absolute atomic E-state index is 11.9. The summed E-state index contributed by atoms with van der Waals surface area (Å²) < 4.78 is 33.6. The zero-order chi connectivity index (χ0) is 16.5. The van der Waals surface area contributed by atoms with E-state index in [4.69, 9.17) is 0 Å². The maximum atomic E-state index is 11.9. The minimum absolute atomic E-state index is 0.0632. The summed E-state index contributed by atoms with van der Waals surface area (Å²) in [4.78, 5) is 0.230. The first-order valence-electron chi connectivity index (χ1n) is 8.00. The molecule has 0 heterocycles. The Morgan fingerprint density at radius 3 is 2.32 bits per heavy atom. The third-order valence-corrected chi connectivity index (χ3v) is 5.62. The van der Waals surface area contributed by atoms with E-state index in [2.05, 4.69) is 18.2 Å². The van der Waals surface area contributed by atoms with Gasteiger partial charge < -0.3 is 0 Å². The Balaban J connectivity index is 2.60. The molecule has 3 nitrogen and oxygen atoms in total. The largest absolute Gasteiger partial charge is 0.291 e. The molecule has 0 bridgehead atoms. The van der Waals surface area contributed by atoms with Crippen LogP contribution < -0.4 is 0 Å². The normalized spacial score (nSPS) is 23.1. The van der Waals surface area contributed by atoms with Crippen molar-refractivity contribution in [2.75, 3.05) is 0 Å². The number of hydrogen-bond donors (Lipinski definition) is 1. The van der Waals surface area contributed by atoms with Crippen molar-refractivity contribution in [3.05, 3.63) is 45.9 Å². The molecule has 0 aliphatic heterocycles. The molecule has 1 atom stereocenters. The van der Waals surface area contributed by atoms with Gasteiger partial charge in [0.1, 0.15) is 0 Å². The fourth-order valence-electron chi connectivity index (χ4n) is 3.29. The van der Waals surface area contributed by atoms with Crippen molar-refractivity contribution >= 4 is 10.1 Å². The molecule has 22 heavy (non-hydrogen) atoms. The molecule has 0 fully saturated rings. The lowest BCUT2D eigenvalue weighted by Gasteiger charge is -2.32. The van der Waals surface area contributed by atoms with Gasteiger partial charge in [0.25, 0.3) is 10.1 Å². The fraction of sp³-hybridized carbons (Fsp3) is 0.556. The highest BCUT2D eigenvalue weighted by molar-refractivity contribution is 7.89. The van der Waals surface area contributed by atoms with Crippen LogP contribution >= 0.6 is 0 Å². The van der Waals surface area contributed by atoms with Crippen molar-refractivity contribution in [1.29, 1.82) is 0 Å². The summed E-state index contributed by atoms with van der Waals surface area (Å²) in [5.41, 5.74) is 3.28. The standard InChI is InChI=1S/C18H26O3S/c1-12(2)16-10-15(14-8-6-5-7-9-14)11-17(13(3)4)18(16)22(19,20)21/h5-6,8,10,12-13,17H,7,9,11H2,1-4H3,(H,19,20,21). The molecule has 1 N–H and O–H groups in total.